The zero-order valence-electron chi connectivity index (χ0n) is 35.0. The lowest BCUT2D eigenvalue weighted by atomic mass is 9.68. The number of aliphatic hydroxyl groups is 1. The number of esters is 2. The van der Waals surface area contributed by atoms with Crippen molar-refractivity contribution < 1.29 is 38.7 Å². The number of carbonyl (C=O) groups is 2. The van der Waals surface area contributed by atoms with Crippen molar-refractivity contribution in [3.05, 3.63) is 98.3 Å². The van der Waals surface area contributed by atoms with Crippen LogP contribution < -0.4 is 20.3 Å². The fourth-order valence-corrected chi connectivity index (χ4v) is 10.5. The molecule has 3 aliphatic heterocycles. The third kappa shape index (κ3) is 9.88. The Morgan fingerprint density at radius 2 is 1.74 bits per heavy atom. The normalized spacial score (nSPS) is 23.9. The Bertz CT molecular complexity index is 2240. The number of aromatic hydroxyl groups is 1. The second-order valence-corrected chi connectivity index (χ2v) is 18.0. The van der Waals surface area contributed by atoms with Crippen molar-refractivity contribution in [2.75, 3.05) is 39.9 Å². The summed E-state index contributed by atoms with van der Waals surface area (Å²) < 4.78 is 23.6. The van der Waals surface area contributed by atoms with E-state index in [4.69, 9.17) is 30.5 Å². The quantitative estimate of drug-likeness (QED) is 0.0891. The predicted molar refractivity (Wildman–Crippen MR) is 232 cm³/mol. The second-order valence-electron chi connectivity index (χ2n) is 17.6. The fraction of sp³-hybridized carbons (Fsp3) is 0.521. The minimum Gasteiger partial charge on any atom is -0.506 e. The number of H-pyrrole nitrogens is 1. The van der Waals surface area contributed by atoms with Crippen LogP contribution in [-0.2, 0) is 37.4 Å². The zero-order chi connectivity index (χ0) is 42.5. The number of halogens is 1. The van der Waals surface area contributed by atoms with E-state index in [1.54, 1.807) is 24.3 Å². The number of ether oxygens (including phenoxy) is 4. The highest BCUT2D eigenvalue weighted by Gasteiger charge is 2.46. The summed E-state index contributed by atoms with van der Waals surface area (Å²) in [5.74, 6) is 1.18. The Balaban J connectivity index is 0.798. The fourth-order valence-electron chi connectivity index (χ4n) is 10.2. The highest BCUT2D eigenvalue weighted by Crippen LogP contribution is 2.43. The van der Waals surface area contributed by atoms with Gasteiger partial charge in [0, 0.05) is 42.7 Å². The van der Waals surface area contributed by atoms with Crippen LogP contribution in [0, 0.1) is 11.8 Å². The Labute approximate surface area is 361 Å². The van der Waals surface area contributed by atoms with Crippen molar-refractivity contribution in [3.63, 3.8) is 0 Å². The summed E-state index contributed by atoms with van der Waals surface area (Å²) in [6.07, 6.45) is 10.4. The molecule has 2 atom stereocenters. The van der Waals surface area contributed by atoms with Crippen LogP contribution in [-0.4, -0.2) is 84.1 Å². The molecule has 4 heterocycles. The summed E-state index contributed by atoms with van der Waals surface area (Å²) in [6, 6.07) is 18.0. The molecule has 0 unspecified atom stereocenters. The Kier molecular flexibility index (Phi) is 13.5. The lowest BCUT2D eigenvalue weighted by Crippen LogP contribution is -2.53. The van der Waals surface area contributed by atoms with Gasteiger partial charge >= 0.3 is 11.9 Å². The first-order valence-corrected chi connectivity index (χ1v) is 22.4. The van der Waals surface area contributed by atoms with E-state index in [1.807, 2.05) is 0 Å². The van der Waals surface area contributed by atoms with Crippen LogP contribution >= 0.6 is 11.6 Å². The van der Waals surface area contributed by atoms with E-state index in [1.165, 1.54) is 24.8 Å². The number of pyridine rings is 1. The summed E-state index contributed by atoms with van der Waals surface area (Å²) in [5.41, 5.74) is 2.98. The Hall–Kier alpha value is -4.62. The molecule has 2 bridgehead atoms. The maximum Gasteiger partial charge on any atom is 0.344 e. The lowest BCUT2D eigenvalue weighted by molar-refractivity contribution is -0.167. The average molecular weight is 856 g/mol. The molecular weight excluding hydrogens is 798 g/mol. The molecule has 3 aromatic carbocycles. The number of aromatic amines is 1. The standard InChI is InChI=1S/C48H58ClN3O9/c1-58-41-25-42(38(49)24-33(41)26-50-27-40(54)36-12-14-39(53)46-37(36)13-15-44(55)51-46)59-29-45(56)60-35-10-8-30(9-11-35)22-31-6-5-7-34(23-31)48(18-3-2-4-19-48)47(57)61-43-28-52-20-16-32(43)17-21-52/h5-7,12-15,23-25,30,32,35,40,43,50,53-54H,2-4,8-11,16-22,26-29H2,1H3,(H,51,55)/t30?,35?,40-,43+/m1/s1. The van der Waals surface area contributed by atoms with Crippen LogP contribution in [0.4, 0.5) is 0 Å². The van der Waals surface area contributed by atoms with Crippen molar-refractivity contribution >= 4 is 34.4 Å². The van der Waals surface area contributed by atoms with Gasteiger partial charge in [-0.05, 0) is 118 Å². The summed E-state index contributed by atoms with van der Waals surface area (Å²) >= 11 is 6.59. The van der Waals surface area contributed by atoms with E-state index in [2.05, 4.69) is 39.5 Å². The molecule has 0 radical (unpaired) electrons. The number of piperidine rings is 3. The molecule has 4 aromatic rings. The van der Waals surface area contributed by atoms with Gasteiger partial charge in [-0.25, -0.2) is 4.79 Å². The number of nitrogens with one attached hydrogen (secondary N) is 2. The minimum absolute atomic E-state index is 0.0149. The molecule has 0 amide bonds. The van der Waals surface area contributed by atoms with Gasteiger partial charge in [-0.3, -0.25) is 14.5 Å². The molecule has 0 spiro atoms. The van der Waals surface area contributed by atoms with E-state index >= 15 is 0 Å². The summed E-state index contributed by atoms with van der Waals surface area (Å²) in [6.45, 7) is 3.29. The maximum absolute atomic E-state index is 14.1. The predicted octanol–water partition coefficient (Wildman–Crippen LogP) is 7.28. The highest BCUT2D eigenvalue weighted by molar-refractivity contribution is 6.32. The van der Waals surface area contributed by atoms with Crippen LogP contribution in [0.1, 0.15) is 99.0 Å². The van der Waals surface area contributed by atoms with Gasteiger partial charge < -0.3 is 39.5 Å². The van der Waals surface area contributed by atoms with Crippen LogP contribution in [0.25, 0.3) is 10.9 Å². The van der Waals surface area contributed by atoms with Gasteiger partial charge in [-0.1, -0.05) is 61.2 Å². The maximum atomic E-state index is 14.1. The highest BCUT2D eigenvalue weighted by atomic mass is 35.5. The molecule has 326 valence electrons. The molecule has 2 saturated carbocycles. The number of methoxy groups -OCH3 is 1. The summed E-state index contributed by atoms with van der Waals surface area (Å²) in [5, 5.41) is 25.2. The van der Waals surface area contributed by atoms with Crippen molar-refractivity contribution in [1.29, 1.82) is 0 Å². The van der Waals surface area contributed by atoms with E-state index in [0.717, 1.165) is 102 Å². The third-order valence-electron chi connectivity index (χ3n) is 13.6. The minimum atomic E-state index is -0.937. The SMILES string of the molecule is COc1cc(OCC(=O)OC2CCC(Cc3cccc(C4(C(=O)O[C@H]5CN6CCC5CC6)CCCCC4)c3)CC2)c(Cl)cc1CNC[C@@H](O)c1ccc(O)c2[nH]c(=O)ccc12. The number of hydrogen-bond donors (Lipinski definition) is 4. The first-order chi connectivity index (χ1) is 29.6. The molecule has 3 saturated heterocycles. The number of aliphatic hydroxyl groups excluding tert-OH is 1. The van der Waals surface area contributed by atoms with Gasteiger partial charge in [0.2, 0.25) is 5.56 Å². The number of phenols is 1. The van der Waals surface area contributed by atoms with Crippen LogP contribution in [0.5, 0.6) is 17.2 Å². The van der Waals surface area contributed by atoms with E-state index in [9.17, 15) is 24.6 Å². The number of carbonyl (C=O) groups excluding carboxylic acids is 2. The van der Waals surface area contributed by atoms with Crippen molar-refractivity contribution in [1.82, 2.24) is 15.2 Å². The number of nitrogens with zero attached hydrogens (tertiary/aromatic N) is 1. The molecule has 5 aliphatic rings. The number of benzene rings is 3. The molecule has 5 fully saturated rings. The van der Waals surface area contributed by atoms with E-state index < -0.39 is 17.5 Å². The number of hydrogen-bond acceptors (Lipinski definition) is 11. The number of aromatic nitrogens is 1. The molecule has 2 aliphatic carbocycles. The van der Waals surface area contributed by atoms with Gasteiger partial charge in [0.15, 0.2) is 6.61 Å². The van der Waals surface area contributed by atoms with Crippen molar-refractivity contribution in [2.24, 2.45) is 11.8 Å². The van der Waals surface area contributed by atoms with Crippen LogP contribution in [0.2, 0.25) is 5.02 Å². The lowest BCUT2D eigenvalue weighted by Gasteiger charge is -2.45. The first-order valence-electron chi connectivity index (χ1n) is 22.0. The molecule has 12 nitrogen and oxygen atoms in total. The smallest absolute Gasteiger partial charge is 0.344 e. The largest absolute Gasteiger partial charge is 0.506 e. The van der Waals surface area contributed by atoms with Crippen molar-refractivity contribution in [2.45, 2.75) is 107 Å². The molecular formula is C48H58ClN3O9. The molecule has 61 heavy (non-hydrogen) atoms. The van der Waals surface area contributed by atoms with E-state index in [0.29, 0.717) is 45.7 Å². The average Bonchev–Trinajstić information content (AvgIpc) is 3.27. The van der Waals surface area contributed by atoms with Gasteiger partial charge in [0.05, 0.1) is 29.2 Å². The van der Waals surface area contributed by atoms with Gasteiger partial charge in [0.1, 0.15) is 29.5 Å². The third-order valence-corrected chi connectivity index (χ3v) is 13.9. The van der Waals surface area contributed by atoms with E-state index in [-0.39, 0.29) is 53.9 Å². The molecule has 9 rings (SSSR count). The number of phenolic OH excluding ortho intramolecular Hbond substituents is 1. The van der Waals surface area contributed by atoms with Gasteiger partial charge in [-0.2, -0.15) is 0 Å². The molecule has 13 heteroatoms. The number of fused-ring (bicyclic) bond motifs is 4. The van der Waals surface area contributed by atoms with Crippen LogP contribution in [0.15, 0.2) is 65.5 Å². The molecule has 1 aromatic heterocycles. The Morgan fingerprint density at radius 3 is 2.48 bits per heavy atom. The second kappa shape index (κ2) is 19.2. The Morgan fingerprint density at radius 1 is 0.951 bits per heavy atom. The summed E-state index contributed by atoms with van der Waals surface area (Å²) in [7, 11) is 1.53. The zero-order valence-corrected chi connectivity index (χ0v) is 35.7. The van der Waals surface area contributed by atoms with Crippen LogP contribution in [0.3, 0.4) is 0 Å². The number of rotatable bonds is 15. The van der Waals surface area contributed by atoms with Gasteiger partial charge in [-0.15, -0.1) is 0 Å². The first kappa shape index (κ1) is 43.0. The van der Waals surface area contributed by atoms with Crippen molar-refractivity contribution in [3.8, 4) is 17.2 Å². The summed E-state index contributed by atoms with van der Waals surface area (Å²) in [4.78, 5) is 43.8. The topological polar surface area (TPSA) is 160 Å². The molecule has 4 N–H and O–H groups in total. The monoisotopic (exact) mass is 855 g/mol. The van der Waals surface area contributed by atoms with Gasteiger partial charge in [0.25, 0.3) is 0 Å².